The van der Waals surface area contributed by atoms with Gasteiger partial charge in [-0.25, -0.2) is 4.68 Å². The lowest BCUT2D eigenvalue weighted by Crippen LogP contribution is -2.39. The molecule has 0 atom stereocenters. The van der Waals surface area contributed by atoms with Crippen molar-refractivity contribution in [2.75, 3.05) is 13.1 Å². The second kappa shape index (κ2) is 9.63. The first-order chi connectivity index (χ1) is 16.2. The summed E-state index contributed by atoms with van der Waals surface area (Å²) in [7, 11) is 0. The van der Waals surface area contributed by atoms with E-state index in [1.54, 1.807) is 4.68 Å². The largest absolute Gasteiger partial charge is 0.337 e. The number of likely N-dealkylation sites (tertiary alicyclic amines) is 1. The van der Waals surface area contributed by atoms with E-state index in [4.69, 9.17) is 16.7 Å². The van der Waals surface area contributed by atoms with Crippen LogP contribution in [0.3, 0.4) is 0 Å². The molecule has 1 amide bonds. The summed E-state index contributed by atoms with van der Waals surface area (Å²) in [6.07, 6.45) is 3.08. The summed E-state index contributed by atoms with van der Waals surface area (Å²) in [5.74, 6) is 0.604. The summed E-state index contributed by atoms with van der Waals surface area (Å²) >= 11 is 6.49. The van der Waals surface area contributed by atoms with Gasteiger partial charge in [0.25, 0.3) is 5.91 Å². The third-order valence-electron chi connectivity index (χ3n) is 6.35. The molecule has 4 aromatic rings. The fraction of sp³-hybridized carbons (Fsp3) is 0.214. The van der Waals surface area contributed by atoms with E-state index in [1.165, 1.54) is 5.56 Å². The molecule has 1 saturated heterocycles. The summed E-state index contributed by atoms with van der Waals surface area (Å²) in [5, 5.41) is 5.35. The van der Waals surface area contributed by atoms with Crippen molar-refractivity contribution in [1.82, 2.24) is 14.7 Å². The zero-order valence-electron chi connectivity index (χ0n) is 18.4. The molecule has 1 aliphatic rings. The van der Waals surface area contributed by atoms with Crippen molar-refractivity contribution in [2.45, 2.75) is 19.3 Å². The van der Waals surface area contributed by atoms with Crippen LogP contribution in [0.4, 0.5) is 0 Å². The summed E-state index contributed by atoms with van der Waals surface area (Å²) in [6, 6.07) is 29.9. The number of piperidine rings is 1. The number of rotatable bonds is 5. The Morgan fingerprint density at radius 2 is 1.52 bits per heavy atom. The number of halogens is 1. The van der Waals surface area contributed by atoms with Gasteiger partial charge in [0.1, 0.15) is 5.69 Å². The Bertz CT molecular complexity index is 1230. The van der Waals surface area contributed by atoms with Crippen LogP contribution in [0.1, 0.15) is 28.9 Å². The van der Waals surface area contributed by atoms with Crippen LogP contribution in [0.5, 0.6) is 0 Å². The van der Waals surface area contributed by atoms with Gasteiger partial charge in [-0.1, -0.05) is 84.4 Å². The van der Waals surface area contributed by atoms with Gasteiger partial charge in [0.05, 0.1) is 16.4 Å². The lowest BCUT2D eigenvalue weighted by atomic mass is 9.90. The topological polar surface area (TPSA) is 38.1 Å². The second-order valence-electron chi connectivity index (χ2n) is 8.57. The quantitative estimate of drug-likeness (QED) is 0.354. The Morgan fingerprint density at radius 3 is 2.21 bits per heavy atom. The van der Waals surface area contributed by atoms with E-state index >= 15 is 0 Å². The van der Waals surface area contributed by atoms with Crippen molar-refractivity contribution in [3.8, 4) is 16.9 Å². The van der Waals surface area contributed by atoms with Crippen LogP contribution in [-0.2, 0) is 6.42 Å². The minimum atomic E-state index is 0.00256. The number of aromatic nitrogens is 2. The highest BCUT2D eigenvalue weighted by molar-refractivity contribution is 6.32. The highest BCUT2D eigenvalue weighted by Crippen LogP contribution is 2.28. The summed E-state index contributed by atoms with van der Waals surface area (Å²) in [6.45, 7) is 1.51. The average molecular weight is 456 g/mol. The average Bonchev–Trinajstić information content (AvgIpc) is 3.31. The maximum absolute atomic E-state index is 13.6. The molecule has 166 valence electrons. The molecule has 0 spiro atoms. The van der Waals surface area contributed by atoms with E-state index in [0.717, 1.165) is 43.6 Å². The van der Waals surface area contributed by atoms with Crippen LogP contribution < -0.4 is 0 Å². The molecule has 33 heavy (non-hydrogen) atoms. The van der Waals surface area contributed by atoms with Crippen molar-refractivity contribution in [3.63, 3.8) is 0 Å². The third-order valence-corrected chi connectivity index (χ3v) is 6.67. The Kier molecular flexibility index (Phi) is 6.27. The number of amides is 1. The Morgan fingerprint density at radius 1 is 0.879 bits per heavy atom. The Hall–Kier alpha value is -3.37. The van der Waals surface area contributed by atoms with Crippen LogP contribution in [0.15, 0.2) is 91.0 Å². The van der Waals surface area contributed by atoms with Crippen molar-refractivity contribution < 1.29 is 4.79 Å². The summed E-state index contributed by atoms with van der Waals surface area (Å²) in [5.41, 5.74) is 4.36. The van der Waals surface area contributed by atoms with Gasteiger partial charge < -0.3 is 4.90 Å². The van der Waals surface area contributed by atoms with Crippen molar-refractivity contribution in [3.05, 3.63) is 107 Å². The predicted octanol–water partition coefficient (Wildman–Crippen LogP) is 6.29. The normalized spacial score (nSPS) is 14.4. The van der Waals surface area contributed by atoms with Gasteiger partial charge in [0.15, 0.2) is 0 Å². The second-order valence-corrected chi connectivity index (χ2v) is 8.98. The molecule has 0 bridgehead atoms. The van der Waals surface area contributed by atoms with Gasteiger partial charge in [0.2, 0.25) is 0 Å². The van der Waals surface area contributed by atoms with Gasteiger partial charge in [-0.2, -0.15) is 5.10 Å². The minimum Gasteiger partial charge on any atom is -0.337 e. The van der Waals surface area contributed by atoms with E-state index < -0.39 is 0 Å². The monoisotopic (exact) mass is 455 g/mol. The van der Waals surface area contributed by atoms with Gasteiger partial charge >= 0.3 is 0 Å². The summed E-state index contributed by atoms with van der Waals surface area (Å²) in [4.78, 5) is 15.6. The molecule has 1 aliphatic heterocycles. The first-order valence-electron chi connectivity index (χ1n) is 11.4. The van der Waals surface area contributed by atoms with Crippen LogP contribution >= 0.6 is 11.6 Å². The first-order valence-corrected chi connectivity index (χ1v) is 11.8. The lowest BCUT2D eigenvalue weighted by molar-refractivity contribution is 0.0681. The minimum absolute atomic E-state index is 0.00256. The molecule has 0 unspecified atom stereocenters. The fourth-order valence-electron chi connectivity index (χ4n) is 4.54. The number of hydrogen-bond acceptors (Lipinski definition) is 2. The van der Waals surface area contributed by atoms with Crippen LogP contribution in [-0.4, -0.2) is 33.7 Å². The van der Waals surface area contributed by atoms with Crippen LogP contribution in [0, 0.1) is 5.92 Å². The van der Waals surface area contributed by atoms with Crippen LogP contribution in [0.25, 0.3) is 16.9 Å². The standard InChI is InChI=1S/C28H26ClN3O/c29-24-13-7-8-14-26(24)32-27(20-25(30-32)23-11-5-2-6-12-23)28(33)31-17-15-22(16-18-31)19-21-9-3-1-4-10-21/h1-14,20,22H,15-19H2. The van der Waals surface area contributed by atoms with E-state index in [2.05, 4.69) is 30.3 Å². The van der Waals surface area contributed by atoms with Gasteiger partial charge in [-0.05, 0) is 48.9 Å². The number of carbonyl (C=O) groups excluding carboxylic acids is 1. The smallest absolute Gasteiger partial charge is 0.272 e. The number of benzene rings is 3. The van der Waals surface area contributed by atoms with E-state index in [1.807, 2.05) is 65.6 Å². The number of hydrogen-bond donors (Lipinski definition) is 0. The molecule has 2 heterocycles. The highest BCUT2D eigenvalue weighted by atomic mass is 35.5. The Labute approximate surface area is 199 Å². The fourth-order valence-corrected chi connectivity index (χ4v) is 4.76. The summed E-state index contributed by atoms with van der Waals surface area (Å²) < 4.78 is 1.70. The van der Waals surface area contributed by atoms with Crippen molar-refractivity contribution >= 4 is 17.5 Å². The molecule has 4 nitrogen and oxygen atoms in total. The molecule has 0 saturated carbocycles. The molecule has 1 fully saturated rings. The number of carbonyl (C=O) groups is 1. The van der Waals surface area contributed by atoms with E-state index in [-0.39, 0.29) is 5.91 Å². The van der Waals surface area contributed by atoms with E-state index in [0.29, 0.717) is 22.3 Å². The molecule has 0 radical (unpaired) electrons. The molecule has 0 aliphatic carbocycles. The molecule has 0 N–H and O–H groups in total. The SMILES string of the molecule is O=C(c1cc(-c2ccccc2)nn1-c1ccccc1Cl)N1CCC(Cc2ccccc2)CC1. The Balaban J connectivity index is 1.39. The zero-order chi connectivity index (χ0) is 22.6. The van der Waals surface area contributed by atoms with Crippen LogP contribution in [0.2, 0.25) is 5.02 Å². The lowest BCUT2D eigenvalue weighted by Gasteiger charge is -2.32. The highest BCUT2D eigenvalue weighted by Gasteiger charge is 2.27. The number of para-hydroxylation sites is 1. The van der Waals surface area contributed by atoms with Gasteiger partial charge in [-0.15, -0.1) is 0 Å². The molecular formula is C28H26ClN3O. The molecule has 5 rings (SSSR count). The van der Waals surface area contributed by atoms with Crippen molar-refractivity contribution in [1.29, 1.82) is 0 Å². The van der Waals surface area contributed by atoms with Crippen molar-refractivity contribution in [2.24, 2.45) is 5.92 Å². The molecule has 1 aromatic heterocycles. The van der Waals surface area contributed by atoms with E-state index in [9.17, 15) is 4.79 Å². The zero-order valence-corrected chi connectivity index (χ0v) is 19.2. The maximum atomic E-state index is 13.6. The predicted molar refractivity (Wildman–Crippen MR) is 133 cm³/mol. The van der Waals surface area contributed by atoms with Gasteiger partial charge in [0, 0.05) is 18.7 Å². The first kappa shape index (κ1) is 21.5. The molecule has 3 aromatic carbocycles. The maximum Gasteiger partial charge on any atom is 0.272 e. The molecule has 5 heteroatoms. The third kappa shape index (κ3) is 4.71. The molecular weight excluding hydrogens is 430 g/mol. The van der Waals surface area contributed by atoms with Gasteiger partial charge in [-0.3, -0.25) is 4.79 Å². The number of nitrogens with zero attached hydrogens (tertiary/aromatic N) is 3.